The summed E-state index contributed by atoms with van der Waals surface area (Å²) < 4.78 is 15.0. The predicted molar refractivity (Wildman–Crippen MR) is 56.0 cm³/mol. The van der Waals surface area contributed by atoms with Crippen molar-refractivity contribution in [3.05, 3.63) is 12.2 Å². The fourth-order valence-corrected chi connectivity index (χ4v) is 0.879. The lowest BCUT2D eigenvalue weighted by atomic mass is 10.3. The minimum Gasteiger partial charge on any atom is -0.366 e. The molecule has 1 unspecified atom stereocenters. The smallest absolute Gasteiger partial charge is 0.327 e. The van der Waals surface area contributed by atoms with E-state index in [-0.39, 0.29) is 6.16 Å². The molecule has 0 rings (SSSR count). The molecule has 0 radical (unpaired) electrons. The maximum atomic E-state index is 10.5. The van der Waals surface area contributed by atoms with Crippen LogP contribution in [0.1, 0.15) is 20.8 Å². The molecule has 0 spiro atoms. The highest BCUT2D eigenvalue weighted by Gasteiger charge is 2.12. The van der Waals surface area contributed by atoms with Crippen molar-refractivity contribution in [1.29, 1.82) is 0 Å². The fourth-order valence-electron chi connectivity index (χ4n) is 0.293. The summed E-state index contributed by atoms with van der Waals surface area (Å²) in [4.78, 5) is 18.5. The quantitative estimate of drug-likeness (QED) is 0.554. The molecule has 5 nitrogen and oxygen atoms in total. The Morgan fingerprint density at radius 1 is 1.57 bits per heavy atom. The molecule has 1 atom stereocenters. The SMILES string of the molecule is C=C(C)C(N)=O.CCOP(=O)(O)CC. The van der Waals surface area contributed by atoms with Crippen LogP contribution in [0, 0.1) is 0 Å². The number of amides is 1. The molecule has 0 heterocycles. The van der Waals surface area contributed by atoms with Crippen LogP contribution in [0.4, 0.5) is 0 Å². The van der Waals surface area contributed by atoms with Crippen LogP contribution in [0.5, 0.6) is 0 Å². The van der Waals surface area contributed by atoms with Gasteiger partial charge in [-0.3, -0.25) is 9.36 Å². The molecule has 0 aromatic carbocycles. The molecule has 0 fully saturated rings. The molecule has 1 amide bonds. The average Bonchev–Trinajstić information content (AvgIpc) is 2.05. The second-order valence-corrected chi connectivity index (χ2v) is 4.68. The summed E-state index contributed by atoms with van der Waals surface area (Å²) in [5, 5.41) is 0. The number of carbonyl (C=O) groups excluding carboxylic acids is 1. The topological polar surface area (TPSA) is 89.6 Å². The van der Waals surface area contributed by atoms with Gasteiger partial charge >= 0.3 is 7.60 Å². The summed E-state index contributed by atoms with van der Waals surface area (Å²) in [6.45, 7) is 8.47. The Bertz CT molecular complexity index is 227. The van der Waals surface area contributed by atoms with Crippen LogP contribution in [0.25, 0.3) is 0 Å². The lowest BCUT2D eigenvalue weighted by molar-refractivity contribution is -0.114. The lowest BCUT2D eigenvalue weighted by Crippen LogP contribution is -2.10. The summed E-state index contributed by atoms with van der Waals surface area (Å²) in [5.41, 5.74) is 5.09. The Morgan fingerprint density at radius 2 is 1.93 bits per heavy atom. The van der Waals surface area contributed by atoms with Gasteiger partial charge in [-0.2, -0.15) is 0 Å². The van der Waals surface area contributed by atoms with E-state index < -0.39 is 13.5 Å². The van der Waals surface area contributed by atoms with Gasteiger partial charge in [0.2, 0.25) is 5.91 Å². The van der Waals surface area contributed by atoms with E-state index >= 15 is 0 Å². The Balaban J connectivity index is 0. The first-order valence-electron chi connectivity index (χ1n) is 4.18. The van der Waals surface area contributed by atoms with Gasteiger partial charge in [-0.25, -0.2) is 0 Å². The van der Waals surface area contributed by atoms with Gasteiger partial charge in [-0.1, -0.05) is 13.5 Å². The van der Waals surface area contributed by atoms with Crippen LogP contribution >= 0.6 is 7.60 Å². The standard InChI is InChI=1S/C4H7NO.C4H11O3P/c1-3(2)4(5)6;1-3-7-8(5,6)4-2/h1H2,2H3,(H2,5,6);3-4H2,1-2H3,(H,5,6). The first-order chi connectivity index (χ1) is 6.26. The van der Waals surface area contributed by atoms with Crippen molar-refractivity contribution >= 4 is 13.5 Å². The van der Waals surface area contributed by atoms with E-state index in [1.807, 2.05) is 0 Å². The Kier molecular flexibility index (Phi) is 8.74. The molecule has 0 bridgehead atoms. The summed E-state index contributed by atoms with van der Waals surface area (Å²) in [6.07, 6.45) is 0.195. The van der Waals surface area contributed by atoms with Gasteiger partial charge in [0.05, 0.1) is 6.61 Å². The fraction of sp³-hybridized carbons (Fsp3) is 0.625. The molecule has 0 aromatic heterocycles. The Labute approximate surface area is 84.5 Å². The van der Waals surface area contributed by atoms with E-state index in [2.05, 4.69) is 11.1 Å². The normalized spacial score (nSPS) is 13.4. The summed E-state index contributed by atoms with van der Waals surface area (Å²) >= 11 is 0. The molecule has 0 aromatic rings. The summed E-state index contributed by atoms with van der Waals surface area (Å²) in [5.74, 6) is -0.435. The van der Waals surface area contributed by atoms with Crippen molar-refractivity contribution in [1.82, 2.24) is 0 Å². The number of hydrogen-bond acceptors (Lipinski definition) is 3. The third kappa shape index (κ3) is 11.4. The number of hydrogen-bond donors (Lipinski definition) is 2. The minimum atomic E-state index is -3.17. The highest BCUT2D eigenvalue weighted by atomic mass is 31.2. The molecular weight excluding hydrogens is 205 g/mol. The van der Waals surface area contributed by atoms with E-state index in [0.717, 1.165) is 0 Å². The summed E-state index contributed by atoms with van der Waals surface area (Å²) in [7, 11) is -3.17. The van der Waals surface area contributed by atoms with Crippen molar-refractivity contribution in [3.8, 4) is 0 Å². The number of rotatable bonds is 4. The Morgan fingerprint density at radius 3 is 2.00 bits per heavy atom. The van der Waals surface area contributed by atoms with E-state index in [4.69, 9.17) is 10.6 Å². The van der Waals surface area contributed by atoms with E-state index in [9.17, 15) is 9.36 Å². The van der Waals surface area contributed by atoms with Crippen LogP contribution < -0.4 is 5.73 Å². The third-order valence-corrected chi connectivity index (χ3v) is 2.61. The number of nitrogens with two attached hydrogens (primary N) is 1. The molecule has 0 saturated heterocycles. The van der Waals surface area contributed by atoms with Crippen molar-refractivity contribution in [2.45, 2.75) is 20.8 Å². The highest BCUT2D eigenvalue weighted by Crippen LogP contribution is 2.40. The molecule has 0 aliphatic carbocycles. The second kappa shape index (κ2) is 7.74. The first kappa shape index (κ1) is 15.8. The van der Waals surface area contributed by atoms with Crippen LogP contribution in [-0.4, -0.2) is 23.6 Å². The van der Waals surface area contributed by atoms with Crippen LogP contribution in [0.3, 0.4) is 0 Å². The summed E-state index contributed by atoms with van der Waals surface area (Å²) in [6, 6.07) is 0. The van der Waals surface area contributed by atoms with Crippen LogP contribution in [0.15, 0.2) is 12.2 Å². The zero-order chi connectivity index (χ0) is 11.8. The molecule has 6 heteroatoms. The van der Waals surface area contributed by atoms with Gasteiger partial charge in [-0.05, 0) is 13.8 Å². The van der Waals surface area contributed by atoms with Gasteiger partial charge < -0.3 is 15.2 Å². The zero-order valence-corrected chi connectivity index (χ0v) is 9.71. The maximum absolute atomic E-state index is 10.5. The van der Waals surface area contributed by atoms with E-state index in [1.165, 1.54) is 0 Å². The van der Waals surface area contributed by atoms with Crippen LogP contribution in [0.2, 0.25) is 0 Å². The third-order valence-electron chi connectivity index (χ3n) is 1.15. The van der Waals surface area contributed by atoms with Gasteiger partial charge in [0.15, 0.2) is 0 Å². The molecule has 84 valence electrons. The average molecular weight is 223 g/mol. The maximum Gasteiger partial charge on any atom is 0.327 e. The molecule has 0 saturated carbocycles. The second-order valence-electron chi connectivity index (χ2n) is 2.52. The van der Waals surface area contributed by atoms with Crippen molar-refractivity contribution in [3.63, 3.8) is 0 Å². The molecule has 0 aliphatic heterocycles. The van der Waals surface area contributed by atoms with Gasteiger partial charge in [0, 0.05) is 11.7 Å². The highest BCUT2D eigenvalue weighted by molar-refractivity contribution is 7.52. The molecule has 14 heavy (non-hydrogen) atoms. The minimum absolute atomic E-state index is 0.195. The predicted octanol–water partition coefficient (Wildman–Crippen LogP) is 1.28. The largest absolute Gasteiger partial charge is 0.366 e. The van der Waals surface area contributed by atoms with Gasteiger partial charge in [-0.15, -0.1) is 0 Å². The van der Waals surface area contributed by atoms with Crippen molar-refractivity contribution < 1.29 is 18.8 Å². The van der Waals surface area contributed by atoms with E-state index in [0.29, 0.717) is 12.2 Å². The van der Waals surface area contributed by atoms with Crippen LogP contribution in [-0.2, 0) is 13.9 Å². The van der Waals surface area contributed by atoms with Crippen molar-refractivity contribution in [2.24, 2.45) is 5.73 Å². The zero-order valence-electron chi connectivity index (χ0n) is 8.82. The van der Waals surface area contributed by atoms with Gasteiger partial charge in [0.1, 0.15) is 0 Å². The lowest BCUT2D eigenvalue weighted by Gasteiger charge is -2.05. The Hall–Kier alpha value is -0.640. The molecule has 3 N–H and O–H groups in total. The van der Waals surface area contributed by atoms with Gasteiger partial charge in [0.25, 0.3) is 0 Å². The van der Waals surface area contributed by atoms with E-state index in [1.54, 1.807) is 20.8 Å². The van der Waals surface area contributed by atoms with Crippen molar-refractivity contribution in [2.75, 3.05) is 12.8 Å². The molecular formula is C8H18NO4P. The number of primary amides is 1. The first-order valence-corrected chi connectivity index (χ1v) is 5.94. The molecule has 0 aliphatic rings. The number of carbonyl (C=O) groups is 1. The monoisotopic (exact) mass is 223 g/mol.